The summed E-state index contributed by atoms with van der Waals surface area (Å²) in [6.45, 7) is 2.34. The maximum atomic E-state index is 10.8. The van der Waals surface area contributed by atoms with E-state index in [0.717, 1.165) is 11.3 Å². The SMILES string of the molecule is Cc1ccc(Cl)cc1NCc1cc([N+](=O)[O-])ccc1Cl. The smallest absolute Gasteiger partial charge is 0.269 e. The highest BCUT2D eigenvalue weighted by atomic mass is 35.5. The summed E-state index contributed by atoms with van der Waals surface area (Å²) >= 11 is 12.0. The lowest BCUT2D eigenvalue weighted by atomic mass is 10.1. The molecule has 0 bridgehead atoms. The number of hydrogen-bond donors (Lipinski definition) is 1. The minimum Gasteiger partial charge on any atom is -0.381 e. The zero-order valence-electron chi connectivity index (χ0n) is 10.7. The number of nitrogens with zero attached hydrogens (tertiary/aromatic N) is 1. The summed E-state index contributed by atoms with van der Waals surface area (Å²) in [5.41, 5.74) is 2.60. The topological polar surface area (TPSA) is 55.2 Å². The molecule has 2 aromatic rings. The van der Waals surface area contributed by atoms with Crippen molar-refractivity contribution in [2.75, 3.05) is 5.32 Å². The van der Waals surface area contributed by atoms with E-state index < -0.39 is 4.92 Å². The Balaban J connectivity index is 2.20. The fraction of sp³-hybridized carbons (Fsp3) is 0.143. The van der Waals surface area contributed by atoms with Crippen molar-refractivity contribution >= 4 is 34.6 Å². The van der Waals surface area contributed by atoms with Crippen LogP contribution < -0.4 is 5.32 Å². The van der Waals surface area contributed by atoms with Gasteiger partial charge in [-0.25, -0.2) is 0 Å². The summed E-state index contributed by atoms with van der Waals surface area (Å²) in [4.78, 5) is 10.3. The van der Waals surface area contributed by atoms with Gasteiger partial charge in [0.1, 0.15) is 0 Å². The summed E-state index contributed by atoms with van der Waals surface area (Å²) in [6.07, 6.45) is 0. The van der Waals surface area contributed by atoms with Gasteiger partial charge in [-0.05, 0) is 36.2 Å². The molecule has 0 aliphatic heterocycles. The van der Waals surface area contributed by atoms with Gasteiger partial charge in [-0.1, -0.05) is 29.3 Å². The van der Waals surface area contributed by atoms with E-state index in [4.69, 9.17) is 23.2 Å². The molecule has 0 aliphatic rings. The zero-order chi connectivity index (χ0) is 14.7. The standard InChI is InChI=1S/C14H12Cl2N2O2/c1-9-2-3-11(15)7-14(9)17-8-10-6-12(18(19)20)4-5-13(10)16/h2-7,17H,8H2,1H3. The molecule has 0 aliphatic carbocycles. The molecule has 2 rings (SSSR count). The predicted octanol–water partition coefficient (Wildman–Crippen LogP) is 4.82. The Kier molecular flexibility index (Phi) is 4.47. The Morgan fingerprint density at radius 2 is 1.95 bits per heavy atom. The van der Waals surface area contributed by atoms with E-state index in [-0.39, 0.29) is 5.69 Å². The largest absolute Gasteiger partial charge is 0.381 e. The fourth-order valence-electron chi connectivity index (χ4n) is 1.79. The molecule has 104 valence electrons. The first-order chi connectivity index (χ1) is 9.47. The number of nitrogens with one attached hydrogen (secondary N) is 1. The van der Waals surface area contributed by atoms with E-state index in [1.807, 2.05) is 25.1 Å². The van der Waals surface area contributed by atoms with Crippen molar-refractivity contribution in [1.29, 1.82) is 0 Å². The molecular formula is C14H12Cl2N2O2. The first-order valence-electron chi connectivity index (χ1n) is 5.90. The maximum Gasteiger partial charge on any atom is 0.269 e. The Morgan fingerprint density at radius 3 is 2.65 bits per heavy atom. The van der Waals surface area contributed by atoms with E-state index in [0.29, 0.717) is 22.2 Å². The molecule has 0 amide bonds. The van der Waals surface area contributed by atoms with Crippen molar-refractivity contribution in [2.24, 2.45) is 0 Å². The summed E-state index contributed by atoms with van der Waals surface area (Å²) in [6, 6.07) is 9.90. The monoisotopic (exact) mass is 310 g/mol. The number of hydrogen-bond acceptors (Lipinski definition) is 3. The molecule has 6 heteroatoms. The predicted molar refractivity (Wildman–Crippen MR) is 81.6 cm³/mol. The molecule has 0 heterocycles. The molecule has 0 spiro atoms. The lowest BCUT2D eigenvalue weighted by Crippen LogP contribution is -2.02. The van der Waals surface area contributed by atoms with Crippen LogP contribution in [0.25, 0.3) is 0 Å². The molecular weight excluding hydrogens is 299 g/mol. The van der Waals surface area contributed by atoms with E-state index in [1.54, 1.807) is 0 Å². The molecule has 0 saturated carbocycles. The van der Waals surface area contributed by atoms with E-state index in [2.05, 4.69) is 5.32 Å². The minimum absolute atomic E-state index is 0.0222. The number of rotatable bonds is 4. The number of non-ortho nitro benzene ring substituents is 1. The molecule has 0 aromatic heterocycles. The Labute approximate surface area is 126 Å². The van der Waals surface area contributed by atoms with Crippen LogP contribution in [-0.2, 0) is 6.54 Å². The summed E-state index contributed by atoms with van der Waals surface area (Å²) in [5, 5.41) is 15.1. The quantitative estimate of drug-likeness (QED) is 0.650. The fourth-order valence-corrected chi connectivity index (χ4v) is 2.14. The van der Waals surface area contributed by atoms with Gasteiger partial charge in [0.25, 0.3) is 5.69 Å². The first kappa shape index (κ1) is 14.6. The van der Waals surface area contributed by atoms with Crippen LogP contribution >= 0.6 is 23.2 Å². The summed E-state index contributed by atoms with van der Waals surface area (Å²) < 4.78 is 0. The molecule has 20 heavy (non-hydrogen) atoms. The van der Waals surface area contributed by atoms with E-state index in [9.17, 15) is 10.1 Å². The number of halogens is 2. The van der Waals surface area contributed by atoms with Crippen molar-refractivity contribution in [1.82, 2.24) is 0 Å². The van der Waals surface area contributed by atoms with Crippen LogP contribution in [0, 0.1) is 17.0 Å². The highest BCUT2D eigenvalue weighted by Gasteiger charge is 2.10. The lowest BCUT2D eigenvalue weighted by Gasteiger charge is -2.11. The molecule has 0 unspecified atom stereocenters. The van der Waals surface area contributed by atoms with Gasteiger partial charge in [0.2, 0.25) is 0 Å². The molecule has 2 aromatic carbocycles. The van der Waals surface area contributed by atoms with Crippen LogP contribution in [0.5, 0.6) is 0 Å². The van der Waals surface area contributed by atoms with Gasteiger partial charge in [-0.2, -0.15) is 0 Å². The van der Waals surface area contributed by atoms with Crippen LogP contribution in [-0.4, -0.2) is 4.92 Å². The second kappa shape index (κ2) is 6.11. The summed E-state index contributed by atoms with van der Waals surface area (Å²) in [7, 11) is 0. The molecule has 0 radical (unpaired) electrons. The molecule has 0 atom stereocenters. The van der Waals surface area contributed by atoms with Gasteiger partial charge in [-0.15, -0.1) is 0 Å². The Bertz CT molecular complexity index is 660. The second-order valence-corrected chi connectivity index (χ2v) is 5.19. The lowest BCUT2D eigenvalue weighted by molar-refractivity contribution is -0.384. The number of benzene rings is 2. The Hall–Kier alpha value is -1.78. The normalized spacial score (nSPS) is 10.3. The first-order valence-corrected chi connectivity index (χ1v) is 6.66. The van der Waals surface area contributed by atoms with Gasteiger partial charge in [0.15, 0.2) is 0 Å². The second-order valence-electron chi connectivity index (χ2n) is 4.35. The van der Waals surface area contributed by atoms with Crippen LogP contribution in [0.3, 0.4) is 0 Å². The average Bonchev–Trinajstić information content (AvgIpc) is 2.41. The maximum absolute atomic E-state index is 10.8. The third-order valence-corrected chi connectivity index (χ3v) is 3.51. The number of nitro benzene ring substituents is 1. The van der Waals surface area contributed by atoms with Gasteiger partial charge in [-0.3, -0.25) is 10.1 Å². The third-order valence-electron chi connectivity index (χ3n) is 2.91. The van der Waals surface area contributed by atoms with Crippen molar-refractivity contribution < 1.29 is 4.92 Å². The molecule has 1 N–H and O–H groups in total. The van der Waals surface area contributed by atoms with Crippen LogP contribution in [0.1, 0.15) is 11.1 Å². The van der Waals surface area contributed by atoms with Crippen LogP contribution in [0.15, 0.2) is 36.4 Å². The summed E-state index contributed by atoms with van der Waals surface area (Å²) in [5.74, 6) is 0. The zero-order valence-corrected chi connectivity index (χ0v) is 12.2. The van der Waals surface area contributed by atoms with Gasteiger partial charge < -0.3 is 5.32 Å². The van der Waals surface area contributed by atoms with Crippen molar-refractivity contribution in [2.45, 2.75) is 13.5 Å². The number of aryl methyl sites for hydroxylation is 1. The third kappa shape index (κ3) is 3.40. The van der Waals surface area contributed by atoms with Crippen LogP contribution in [0.2, 0.25) is 10.0 Å². The van der Waals surface area contributed by atoms with Gasteiger partial charge >= 0.3 is 0 Å². The molecule has 0 fully saturated rings. The van der Waals surface area contributed by atoms with Gasteiger partial charge in [0, 0.05) is 34.4 Å². The van der Waals surface area contributed by atoms with Crippen molar-refractivity contribution in [3.63, 3.8) is 0 Å². The molecule has 4 nitrogen and oxygen atoms in total. The average molecular weight is 311 g/mol. The van der Waals surface area contributed by atoms with Crippen molar-refractivity contribution in [3.8, 4) is 0 Å². The highest BCUT2D eigenvalue weighted by molar-refractivity contribution is 6.31. The van der Waals surface area contributed by atoms with E-state index in [1.165, 1.54) is 18.2 Å². The van der Waals surface area contributed by atoms with Crippen molar-refractivity contribution in [3.05, 3.63) is 67.7 Å². The number of anilines is 1. The van der Waals surface area contributed by atoms with Gasteiger partial charge in [0.05, 0.1) is 4.92 Å². The minimum atomic E-state index is -0.440. The Morgan fingerprint density at radius 1 is 1.20 bits per heavy atom. The van der Waals surface area contributed by atoms with Crippen LogP contribution in [0.4, 0.5) is 11.4 Å². The molecule has 0 saturated heterocycles. The van der Waals surface area contributed by atoms with E-state index >= 15 is 0 Å². The highest BCUT2D eigenvalue weighted by Crippen LogP contribution is 2.25. The number of nitro groups is 1.